The second kappa shape index (κ2) is 13.6. The average molecular weight is 692 g/mol. The van der Waals surface area contributed by atoms with Crippen molar-refractivity contribution in [2.45, 2.75) is 130 Å². The van der Waals surface area contributed by atoms with Crippen molar-refractivity contribution in [2.24, 2.45) is 5.41 Å². The number of rotatable bonds is 10. The van der Waals surface area contributed by atoms with Gasteiger partial charge >= 0.3 is 13.1 Å². The summed E-state index contributed by atoms with van der Waals surface area (Å²) in [4.78, 5) is 17.8. The van der Waals surface area contributed by atoms with E-state index in [9.17, 15) is 9.90 Å². The van der Waals surface area contributed by atoms with Gasteiger partial charge in [-0.05, 0) is 109 Å². The van der Waals surface area contributed by atoms with Crippen molar-refractivity contribution >= 4 is 29.5 Å². The fourth-order valence-corrected chi connectivity index (χ4v) is 7.66. The Morgan fingerprint density at radius 2 is 1.88 bits per heavy atom. The summed E-state index contributed by atoms with van der Waals surface area (Å²) in [7, 11) is -0.550. The molecule has 3 aromatic rings. The van der Waals surface area contributed by atoms with Crippen molar-refractivity contribution in [3.05, 3.63) is 47.3 Å². The van der Waals surface area contributed by atoms with E-state index in [1.165, 1.54) is 0 Å². The molecule has 5 heterocycles. The normalized spacial score (nSPS) is 25.7. The Bertz CT molecular complexity index is 1720. The van der Waals surface area contributed by atoms with Crippen LogP contribution in [0.5, 0.6) is 0 Å². The Hall–Kier alpha value is -2.87. The van der Waals surface area contributed by atoms with E-state index < -0.39 is 35.6 Å². The van der Waals surface area contributed by atoms with Gasteiger partial charge in [0.2, 0.25) is 0 Å². The van der Waals surface area contributed by atoms with E-state index in [2.05, 4.69) is 59.7 Å². The number of hydrogen-bond acceptors (Lipinski definition) is 9. The standard InChI is InChI=1S/C38H55BFN5O5/c1-10-45-31-14-13-25(39-49-36(5,6)37(7,8)50-39)19-26(31)28(20-35(3,4)22-48-34(47)30-12-11-16-43-44-30)33(45)27-18-24(21-41-32(27)23(2)46)29-15-17-42-38(29,9)40/h13-14,18-19,21,23,29-30,42-44,46H,10-12,15-17,20,22H2,1-9H3/t23?,29?,30-,38?/m0/s1. The van der Waals surface area contributed by atoms with Crippen LogP contribution in [0.2, 0.25) is 0 Å². The van der Waals surface area contributed by atoms with Crippen LogP contribution in [0.4, 0.5) is 4.39 Å². The number of nitrogens with zero attached hydrogens (tertiary/aromatic N) is 2. The summed E-state index contributed by atoms with van der Waals surface area (Å²) in [5.41, 5.74) is 10.6. The number of carbonyl (C=O) groups excluding carboxylic acids is 1. The van der Waals surface area contributed by atoms with E-state index in [0.717, 1.165) is 58.1 Å². The van der Waals surface area contributed by atoms with Gasteiger partial charge in [-0.2, -0.15) is 0 Å². The molecule has 6 rings (SSSR count). The molecule has 4 N–H and O–H groups in total. The number of esters is 1. The number of hydrogen-bond donors (Lipinski definition) is 4. The van der Waals surface area contributed by atoms with E-state index in [1.54, 1.807) is 20.0 Å². The first-order valence-electron chi connectivity index (χ1n) is 18.2. The highest BCUT2D eigenvalue weighted by molar-refractivity contribution is 6.62. The molecule has 50 heavy (non-hydrogen) atoms. The number of carbonyl (C=O) groups is 1. The topological polar surface area (TPSA) is 119 Å². The lowest BCUT2D eigenvalue weighted by molar-refractivity contribution is -0.150. The second-order valence-corrected chi connectivity index (χ2v) is 16.4. The number of ether oxygens (including phenoxy) is 1. The molecule has 3 aliphatic rings. The Kier molecular flexibility index (Phi) is 10.0. The Morgan fingerprint density at radius 3 is 2.48 bits per heavy atom. The van der Waals surface area contributed by atoms with Gasteiger partial charge in [0, 0.05) is 47.1 Å². The van der Waals surface area contributed by atoms with Crippen LogP contribution in [-0.4, -0.2) is 70.5 Å². The van der Waals surface area contributed by atoms with E-state index in [0.29, 0.717) is 31.6 Å². The van der Waals surface area contributed by atoms with Crippen molar-refractivity contribution < 1.29 is 28.3 Å². The van der Waals surface area contributed by atoms with E-state index in [1.807, 2.05) is 33.8 Å². The van der Waals surface area contributed by atoms with Gasteiger partial charge in [-0.1, -0.05) is 26.0 Å². The van der Waals surface area contributed by atoms with Crippen LogP contribution in [0.3, 0.4) is 0 Å². The number of fused-ring (bicyclic) bond motifs is 1. The van der Waals surface area contributed by atoms with Crippen molar-refractivity contribution in [2.75, 3.05) is 19.7 Å². The first-order chi connectivity index (χ1) is 23.4. The summed E-state index contributed by atoms with van der Waals surface area (Å²) in [6.07, 6.45) is 3.68. The number of pyridine rings is 1. The van der Waals surface area contributed by atoms with Crippen molar-refractivity contribution in [3.8, 4) is 11.3 Å². The minimum atomic E-state index is -1.57. The quantitative estimate of drug-likeness (QED) is 0.129. The fourth-order valence-electron chi connectivity index (χ4n) is 7.66. The maximum atomic E-state index is 15.7. The SMILES string of the molecule is CCn1c(-c2cc(C3CCNC3(C)F)cnc2C(C)O)c(CC(C)(C)COC(=O)[C@@H]2CCCNN2)c2cc(B3OC(C)(C)C(C)(C)O3)ccc21. The highest BCUT2D eigenvalue weighted by Crippen LogP contribution is 2.44. The minimum absolute atomic E-state index is 0.217. The molecule has 0 bridgehead atoms. The summed E-state index contributed by atoms with van der Waals surface area (Å²) in [5.74, 6) is -2.22. The van der Waals surface area contributed by atoms with Gasteiger partial charge in [0.15, 0.2) is 5.79 Å². The van der Waals surface area contributed by atoms with Crippen LogP contribution in [0, 0.1) is 5.41 Å². The van der Waals surface area contributed by atoms with Gasteiger partial charge in [0.05, 0.1) is 35.3 Å². The van der Waals surface area contributed by atoms with E-state index >= 15 is 4.39 Å². The minimum Gasteiger partial charge on any atom is -0.464 e. The lowest BCUT2D eigenvalue weighted by Gasteiger charge is -2.32. The smallest absolute Gasteiger partial charge is 0.464 e. The number of nitrogens with one attached hydrogen (secondary N) is 3. The number of aliphatic hydroxyl groups excluding tert-OH is 1. The van der Waals surface area contributed by atoms with Gasteiger partial charge in [-0.3, -0.25) is 20.5 Å². The highest BCUT2D eigenvalue weighted by Gasteiger charge is 2.52. The number of aliphatic hydroxyl groups is 1. The van der Waals surface area contributed by atoms with Crippen molar-refractivity contribution in [1.82, 2.24) is 25.7 Å². The molecule has 3 aliphatic heterocycles. The second-order valence-electron chi connectivity index (χ2n) is 16.4. The zero-order valence-corrected chi connectivity index (χ0v) is 31.2. The van der Waals surface area contributed by atoms with Gasteiger partial charge in [-0.25, -0.2) is 9.82 Å². The Morgan fingerprint density at radius 1 is 1.16 bits per heavy atom. The molecule has 0 amide bonds. The predicted octanol–water partition coefficient (Wildman–Crippen LogP) is 5.21. The van der Waals surface area contributed by atoms with Crippen LogP contribution >= 0.6 is 0 Å². The highest BCUT2D eigenvalue weighted by atomic mass is 19.1. The molecule has 1 aromatic carbocycles. The van der Waals surface area contributed by atoms with Crippen LogP contribution in [-0.2, 0) is 31.8 Å². The summed E-state index contributed by atoms with van der Waals surface area (Å²) < 4.78 is 36.8. The Labute approximate surface area is 296 Å². The largest absolute Gasteiger partial charge is 0.494 e. The molecule has 10 nitrogen and oxygen atoms in total. The maximum Gasteiger partial charge on any atom is 0.494 e. The molecule has 2 aromatic heterocycles. The summed E-state index contributed by atoms with van der Waals surface area (Å²) >= 11 is 0. The van der Waals surface area contributed by atoms with Gasteiger partial charge in [0.25, 0.3) is 0 Å². The van der Waals surface area contributed by atoms with Crippen molar-refractivity contribution in [3.63, 3.8) is 0 Å². The van der Waals surface area contributed by atoms with E-state index in [-0.39, 0.29) is 24.5 Å². The molecule has 0 saturated carbocycles. The summed E-state index contributed by atoms with van der Waals surface area (Å²) in [6, 6.07) is 7.97. The Balaban J connectivity index is 1.49. The molecule has 3 fully saturated rings. The molecule has 272 valence electrons. The first-order valence-corrected chi connectivity index (χ1v) is 18.2. The number of halogens is 1. The van der Waals surface area contributed by atoms with Crippen LogP contribution in [0.15, 0.2) is 30.5 Å². The van der Waals surface area contributed by atoms with Gasteiger partial charge in [0.1, 0.15) is 6.04 Å². The molecule has 12 heteroatoms. The summed E-state index contributed by atoms with van der Waals surface area (Å²) in [6.45, 7) is 20.1. The molecule has 3 unspecified atom stereocenters. The number of alkyl halides is 1. The van der Waals surface area contributed by atoms with Crippen LogP contribution < -0.4 is 21.6 Å². The van der Waals surface area contributed by atoms with Crippen LogP contribution in [0.1, 0.15) is 110 Å². The third-order valence-electron chi connectivity index (χ3n) is 11.2. The van der Waals surface area contributed by atoms with E-state index in [4.69, 9.17) is 19.0 Å². The zero-order chi connectivity index (χ0) is 36.2. The van der Waals surface area contributed by atoms with Crippen LogP contribution in [0.25, 0.3) is 22.2 Å². The molecule has 4 atom stereocenters. The fraction of sp³-hybridized carbons (Fsp3) is 0.632. The first kappa shape index (κ1) is 36.9. The molecular weight excluding hydrogens is 636 g/mol. The number of benzene rings is 1. The molecule has 0 spiro atoms. The lowest BCUT2D eigenvalue weighted by atomic mass is 9.77. The molecule has 0 radical (unpaired) electrons. The van der Waals surface area contributed by atoms with Gasteiger partial charge < -0.3 is 23.7 Å². The summed E-state index contributed by atoms with van der Waals surface area (Å²) in [5, 5.41) is 15.1. The monoisotopic (exact) mass is 691 g/mol. The molecule has 0 aliphatic carbocycles. The van der Waals surface area contributed by atoms with Gasteiger partial charge in [-0.15, -0.1) is 0 Å². The number of aromatic nitrogens is 2. The predicted molar refractivity (Wildman–Crippen MR) is 195 cm³/mol. The molecular formula is C38H55BFN5O5. The number of hydrazine groups is 1. The van der Waals surface area contributed by atoms with Crippen molar-refractivity contribution in [1.29, 1.82) is 0 Å². The third kappa shape index (κ3) is 6.99. The lowest BCUT2D eigenvalue weighted by Crippen LogP contribution is -2.50. The molecule has 3 saturated heterocycles. The third-order valence-corrected chi connectivity index (χ3v) is 11.2. The number of aryl methyl sites for hydroxylation is 1. The zero-order valence-electron chi connectivity index (χ0n) is 31.2. The maximum absolute atomic E-state index is 15.7. The average Bonchev–Trinajstić information content (AvgIpc) is 3.65.